The lowest BCUT2D eigenvalue weighted by molar-refractivity contribution is 0.310. The van der Waals surface area contributed by atoms with Crippen molar-refractivity contribution in [3.8, 4) is 0 Å². The van der Waals surface area contributed by atoms with Crippen molar-refractivity contribution in [1.82, 2.24) is 15.3 Å². The molecule has 0 unspecified atom stereocenters. The topological polar surface area (TPSA) is 49.8 Å². The van der Waals surface area contributed by atoms with Crippen molar-refractivity contribution in [2.24, 2.45) is 5.92 Å². The molecule has 1 saturated heterocycles. The molecule has 0 aliphatic carbocycles. The zero-order chi connectivity index (χ0) is 11.4. The predicted molar refractivity (Wildman–Crippen MR) is 65.7 cm³/mol. The Labute approximate surface area is 101 Å². The van der Waals surface area contributed by atoms with Gasteiger partial charge in [0, 0.05) is 18.8 Å². The highest BCUT2D eigenvalue weighted by Crippen LogP contribution is 2.15. The zero-order valence-corrected chi connectivity index (χ0v) is 10.2. The Morgan fingerprint density at radius 1 is 1.62 bits per heavy atom. The summed E-state index contributed by atoms with van der Waals surface area (Å²) in [5.41, 5.74) is 0. The summed E-state index contributed by atoms with van der Waals surface area (Å²) in [4.78, 5) is 8.21. The average molecular weight is 241 g/mol. The molecular weight excluding hydrogens is 224 g/mol. The van der Waals surface area contributed by atoms with Crippen molar-refractivity contribution in [3.05, 3.63) is 17.4 Å². The molecule has 0 amide bonds. The second kappa shape index (κ2) is 5.46. The second-order valence-corrected chi connectivity index (χ2v) is 4.65. The smallest absolute Gasteiger partial charge is 0.224 e. The molecule has 0 saturated carbocycles. The van der Waals surface area contributed by atoms with E-state index in [0.717, 1.165) is 13.1 Å². The number of rotatable bonds is 3. The maximum absolute atomic E-state index is 5.79. The molecule has 2 atom stereocenters. The Morgan fingerprint density at radius 3 is 3.25 bits per heavy atom. The van der Waals surface area contributed by atoms with Crippen molar-refractivity contribution < 1.29 is 0 Å². The molecule has 1 fully saturated rings. The predicted octanol–water partition coefficient (Wildman–Crippen LogP) is 1.93. The van der Waals surface area contributed by atoms with E-state index in [0.29, 0.717) is 23.1 Å². The number of hydrogen-bond donors (Lipinski definition) is 2. The maximum Gasteiger partial charge on any atom is 0.224 e. The first-order chi connectivity index (χ1) is 7.75. The molecule has 0 aromatic carbocycles. The minimum absolute atomic E-state index is 0.474. The number of halogens is 1. The van der Waals surface area contributed by atoms with Crippen molar-refractivity contribution in [1.29, 1.82) is 0 Å². The zero-order valence-electron chi connectivity index (χ0n) is 9.41. The SMILES string of the molecule is C[C@@H]1CCCN[C@@H]1CNc1nccc(Cl)n1. The summed E-state index contributed by atoms with van der Waals surface area (Å²) in [6.45, 7) is 4.23. The van der Waals surface area contributed by atoms with Crippen LogP contribution in [0.25, 0.3) is 0 Å². The number of aromatic nitrogens is 2. The fraction of sp³-hybridized carbons (Fsp3) is 0.636. The molecule has 2 N–H and O–H groups in total. The van der Waals surface area contributed by atoms with Gasteiger partial charge in [0.1, 0.15) is 5.15 Å². The Morgan fingerprint density at radius 2 is 2.50 bits per heavy atom. The standard InChI is InChI=1S/C11H17ClN4/c1-8-3-2-5-13-9(8)7-15-11-14-6-4-10(12)16-11/h4,6,8-9,13H,2-3,5,7H2,1H3,(H,14,15,16)/t8-,9-/m1/s1. The number of anilines is 1. The number of nitrogens with zero attached hydrogens (tertiary/aromatic N) is 2. The Balaban J connectivity index is 1.86. The molecule has 16 heavy (non-hydrogen) atoms. The largest absolute Gasteiger partial charge is 0.353 e. The lowest BCUT2D eigenvalue weighted by Gasteiger charge is -2.30. The minimum atomic E-state index is 0.474. The molecule has 5 heteroatoms. The minimum Gasteiger partial charge on any atom is -0.353 e. The summed E-state index contributed by atoms with van der Waals surface area (Å²) in [6, 6.07) is 2.17. The summed E-state index contributed by atoms with van der Waals surface area (Å²) < 4.78 is 0. The normalized spacial score (nSPS) is 25.4. The van der Waals surface area contributed by atoms with Crippen LogP contribution < -0.4 is 10.6 Å². The molecule has 88 valence electrons. The third-order valence-electron chi connectivity index (χ3n) is 3.03. The summed E-state index contributed by atoms with van der Waals surface area (Å²) in [6.07, 6.45) is 4.22. The van der Waals surface area contributed by atoms with Gasteiger partial charge in [-0.1, -0.05) is 18.5 Å². The van der Waals surface area contributed by atoms with Gasteiger partial charge in [-0.05, 0) is 31.4 Å². The highest BCUT2D eigenvalue weighted by atomic mass is 35.5. The van der Waals surface area contributed by atoms with E-state index in [1.54, 1.807) is 12.3 Å². The third kappa shape index (κ3) is 3.06. The molecule has 1 aliphatic heterocycles. The van der Waals surface area contributed by atoms with Crippen LogP contribution in [0, 0.1) is 5.92 Å². The Hall–Kier alpha value is -0.870. The van der Waals surface area contributed by atoms with Crippen LogP contribution in [0.1, 0.15) is 19.8 Å². The van der Waals surface area contributed by atoms with Gasteiger partial charge in [0.25, 0.3) is 0 Å². The van der Waals surface area contributed by atoms with Crippen LogP contribution in [0.5, 0.6) is 0 Å². The summed E-state index contributed by atoms with van der Waals surface area (Å²) in [5, 5.41) is 7.19. The Kier molecular flexibility index (Phi) is 3.96. The van der Waals surface area contributed by atoms with Crippen molar-refractivity contribution >= 4 is 17.5 Å². The molecule has 1 aromatic heterocycles. The van der Waals surface area contributed by atoms with Gasteiger partial charge < -0.3 is 10.6 Å². The summed E-state index contributed by atoms with van der Waals surface area (Å²) >= 11 is 5.79. The molecule has 2 heterocycles. The highest BCUT2D eigenvalue weighted by molar-refractivity contribution is 6.29. The first-order valence-corrected chi connectivity index (χ1v) is 6.09. The van der Waals surface area contributed by atoms with E-state index >= 15 is 0 Å². The lowest BCUT2D eigenvalue weighted by atomic mass is 9.93. The Bertz CT molecular complexity index is 345. The van der Waals surface area contributed by atoms with Crippen LogP contribution in [-0.2, 0) is 0 Å². The van der Waals surface area contributed by atoms with E-state index in [-0.39, 0.29) is 0 Å². The van der Waals surface area contributed by atoms with Crippen molar-refractivity contribution in [3.63, 3.8) is 0 Å². The summed E-state index contributed by atoms with van der Waals surface area (Å²) in [5.74, 6) is 1.30. The van der Waals surface area contributed by atoms with E-state index in [1.165, 1.54) is 12.8 Å². The van der Waals surface area contributed by atoms with Gasteiger partial charge in [-0.3, -0.25) is 0 Å². The number of hydrogen-bond acceptors (Lipinski definition) is 4. The van der Waals surface area contributed by atoms with Gasteiger partial charge in [-0.25, -0.2) is 9.97 Å². The molecule has 4 nitrogen and oxygen atoms in total. The highest BCUT2D eigenvalue weighted by Gasteiger charge is 2.20. The molecule has 1 aliphatic rings. The summed E-state index contributed by atoms with van der Waals surface area (Å²) in [7, 11) is 0. The van der Waals surface area contributed by atoms with Crippen molar-refractivity contribution in [2.75, 3.05) is 18.4 Å². The van der Waals surface area contributed by atoms with E-state index in [1.807, 2.05) is 0 Å². The van der Waals surface area contributed by atoms with Crippen LogP contribution in [0.3, 0.4) is 0 Å². The van der Waals surface area contributed by atoms with Crippen LogP contribution in [0.15, 0.2) is 12.3 Å². The number of nitrogens with one attached hydrogen (secondary N) is 2. The van der Waals surface area contributed by atoms with E-state index in [2.05, 4.69) is 27.5 Å². The second-order valence-electron chi connectivity index (χ2n) is 4.26. The first-order valence-electron chi connectivity index (χ1n) is 5.71. The molecule has 0 radical (unpaired) electrons. The molecule has 1 aromatic rings. The average Bonchev–Trinajstić information content (AvgIpc) is 2.28. The van der Waals surface area contributed by atoms with E-state index in [9.17, 15) is 0 Å². The molecule has 2 rings (SSSR count). The third-order valence-corrected chi connectivity index (χ3v) is 3.24. The van der Waals surface area contributed by atoms with Gasteiger partial charge in [0.15, 0.2) is 0 Å². The molecule has 0 bridgehead atoms. The van der Waals surface area contributed by atoms with Gasteiger partial charge in [-0.15, -0.1) is 0 Å². The fourth-order valence-corrected chi connectivity index (χ4v) is 2.15. The van der Waals surface area contributed by atoms with Gasteiger partial charge >= 0.3 is 0 Å². The maximum atomic E-state index is 5.79. The van der Waals surface area contributed by atoms with Gasteiger partial charge in [0.05, 0.1) is 0 Å². The van der Waals surface area contributed by atoms with Crippen LogP contribution in [0.2, 0.25) is 5.15 Å². The van der Waals surface area contributed by atoms with E-state index in [4.69, 9.17) is 11.6 Å². The quantitative estimate of drug-likeness (QED) is 0.793. The first kappa shape index (κ1) is 11.6. The van der Waals surface area contributed by atoms with Crippen LogP contribution >= 0.6 is 11.6 Å². The van der Waals surface area contributed by atoms with Crippen molar-refractivity contribution in [2.45, 2.75) is 25.8 Å². The monoisotopic (exact) mass is 240 g/mol. The van der Waals surface area contributed by atoms with E-state index < -0.39 is 0 Å². The molecule has 0 spiro atoms. The molecular formula is C11H17ClN4. The van der Waals surface area contributed by atoms with Gasteiger partial charge in [0.2, 0.25) is 5.95 Å². The number of piperidine rings is 1. The fourth-order valence-electron chi connectivity index (χ4n) is 2.01. The lowest BCUT2D eigenvalue weighted by Crippen LogP contribution is -2.44. The van der Waals surface area contributed by atoms with Crippen LogP contribution in [0.4, 0.5) is 5.95 Å². The van der Waals surface area contributed by atoms with Gasteiger partial charge in [-0.2, -0.15) is 0 Å². The van der Waals surface area contributed by atoms with Crippen LogP contribution in [-0.4, -0.2) is 29.1 Å².